The zero-order chi connectivity index (χ0) is 22.8. The number of hydrogen-bond acceptors (Lipinski definition) is 4. The van der Waals surface area contributed by atoms with Crippen LogP contribution in [0, 0.1) is 0 Å². The van der Waals surface area contributed by atoms with Crippen molar-refractivity contribution in [3.63, 3.8) is 0 Å². The maximum atomic E-state index is 13.5. The highest BCUT2D eigenvalue weighted by Crippen LogP contribution is 2.35. The van der Waals surface area contributed by atoms with E-state index in [4.69, 9.17) is 0 Å². The van der Waals surface area contributed by atoms with Crippen LogP contribution >= 0.6 is 0 Å². The van der Waals surface area contributed by atoms with Crippen LogP contribution in [0.3, 0.4) is 0 Å². The highest BCUT2D eigenvalue weighted by atomic mass is 16.2. The third-order valence-electron chi connectivity index (χ3n) is 6.78. The summed E-state index contributed by atoms with van der Waals surface area (Å²) in [7, 11) is 1.77. The van der Waals surface area contributed by atoms with E-state index < -0.39 is 5.54 Å². The molecule has 1 N–H and O–H groups in total. The number of nitrogens with zero attached hydrogens (tertiary/aromatic N) is 3. The molecule has 0 aromatic carbocycles. The predicted molar refractivity (Wildman–Crippen MR) is 126 cm³/mol. The van der Waals surface area contributed by atoms with Gasteiger partial charge in [-0.3, -0.25) is 19.6 Å². The van der Waals surface area contributed by atoms with Crippen molar-refractivity contribution in [1.29, 1.82) is 0 Å². The van der Waals surface area contributed by atoms with Crippen LogP contribution in [0.5, 0.6) is 0 Å². The molecule has 1 fully saturated rings. The quantitative estimate of drug-likeness (QED) is 0.575. The van der Waals surface area contributed by atoms with Gasteiger partial charge in [0, 0.05) is 44.8 Å². The van der Waals surface area contributed by atoms with Crippen LogP contribution in [-0.2, 0) is 22.4 Å². The Labute approximate surface area is 191 Å². The van der Waals surface area contributed by atoms with Gasteiger partial charge in [-0.05, 0) is 74.6 Å². The van der Waals surface area contributed by atoms with Crippen molar-refractivity contribution < 1.29 is 9.59 Å². The summed E-state index contributed by atoms with van der Waals surface area (Å²) in [5.74, 6) is -0.0350. The molecule has 0 spiro atoms. The minimum absolute atomic E-state index is 0.0143. The topological polar surface area (TPSA) is 75.2 Å². The first-order valence-corrected chi connectivity index (χ1v) is 11.8. The Bertz CT molecular complexity index is 805. The maximum Gasteiger partial charge on any atom is 0.246 e. The van der Waals surface area contributed by atoms with E-state index in [1.165, 1.54) is 11.1 Å². The smallest absolute Gasteiger partial charge is 0.246 e. The number of aromatic nitrogens is 2. The van der Waals surface area contributed by atoms with Crippen LogP contribution < -0.4 is 5.32 Å². The first kappa shape index (κ1) is 23.9. The Hall–Kier alpha value is -2.76. The second-order valence-corrected chi connectivity index (χ2v) is 8.99. The molecule has 6 heteroatoms. The van der Waals surface area contributed by atoms with Gasteiger partial charge in [0.25, 0.3) is 0 Å². The van der Waals surface area contributed by atoms with E-state index in [9.17, 15) is 9.59 Å². The number of aryl methyl sites for hydroxylation is 2. The highest BCUT2D eigenvalue weighted by molar-refractivity contribution is 5.91. The van der Waals surface area contributed by atoms with Gasteiger partial charge in [0.15, 0.2) is 0 Å². The number of amides is 2. The van der Waals surface area contributed by atoms with Gasteiger partial charge >= 0.3 is 0 Å². The Morgan fingerprint density at radius 3 is 1.97 bits per heavy atom. The Morgan fingerprint density at radius 2 is 1.53 bits per heavy atom. The number of hydrogen-bond donors (Lipinski definition) is 1. The SMILES string of the molecule is CC(=O)N(C)C1(C(=O)NC(CCCc2cccnc2)CCCc2cccnc2)CCCC1. The Morgan fingerprint density at radius 1 is 1.00 bits per heavy atom. The maximum absolute atomic E-state index is 13.5. The van der Waals surface area contributed by atoms with Crippen LogP contribution in [0.1, 0.15) is 69.4 Å². The molecule has 0 saturated heterocycles. The molecule has 0 atom stereocenters. The van der Waals surface area contributed by atoms with Crippen LogP contribution in [-0.4, -0.2) is 45.3 Å². The number of likely N-dealkylation sites (N-methyl/N-ethyl adjacent to an activating group) is 1. The first-order valence-electron chi connectivity index (χ1n) is 11.8. The van der Waals surface area contributed by atoms with Crippen molar-refractivity contribution >= 4 is 11.8 Å². The zero-order valence-corrected chi connectivity index (χ0v) is 19.4. The summed E-state index contributed by atoms with van der Waals surface area (Å²) in [5.41, 5.74) is 1.74. The standard InChI is InChI=1S/C26H36N4O2/c1-21(31)30(2)26(15-3-4-16-26)25(32)29-24(13-5-9-22-11-7-17-27-19-22)14-6-10-23-12-8-18-28-20-23/h7-8,11-12,17-20,24H,3-6,9-10,13-16H2,1-2H3,(H,29,32). The largest absolute Gasteiger partial charge is 0.351 e. The van der Waals surface area contributed by atoms with Crippen molar-refractivity contribution in [3.8, 4) is 0 Å². The average molecular weight is 437 g/mol. The monoisotopic (exact) mass is 436 g/mol. The number of rotatable bonds is 11. The molecule has 1 aliphatic rings. The molecule has 172 valence electrons. The Balaban J connectivity index is 1.62. The van der Waals surface area contributed by atoms with Gasteiger partial charge in [0.05, 0.1) is 0 Å². The van der Waals surface area contributed by atoms with E-state index in [2.05, 4.69) is 27.4 Å². The van der Waals surface area contributed by atoms with Gasteiger partial charge in [0.2, 0.25) is 11.8 Å². The summed E-state index contributed by atoms with van der Waals surface area (Å²) in [5, 5.41) is 3.34. The molecule has 0 bridgehead atoms. The lowest BCUT2D eigenvalue weighted by molar-refractivity contribution is -0.145. The van der Waals surface area contributed by atoms with Crippen LogP contribution in [0.25, 0.3) is 0 Å². The fourth-order valence-corrected chi connectivity index (χ4v) is 4.78. The van der Waals surface area contributed by atoms with Crippen LogP contribution in [0.2, 0.25) is 0 Å². The molecular formula is C26H36N4O2. The van der Waals surface area contributed by atoms with Crippen molar-refractivity contribution in [1.82, 2.24) is 20.2 Å². The van der Waals surface area contributed by atoms with E-state index in [-0.39, 0.29) is 17.9 Å². The summed E-state index contributed by atoms with van der Waals surface area (Å²) >= 11 is 0. The molecule has 1 saturated carbocycles. The van der Waals surface area contributed by atoms with Gasteiger partial charge in [-0.2, -0.15) is 0 Å². The molecule has 2 aromatic heterocycles. The molecule has 2 amide bonds. The first-order chi connectivity index (χ1) is 15.5. The van der Waals surface area contributed by atoms with Gasteiger partial charge in [0.1, 0.15) is 5.54 Å². The fourth-order valence-electron chi connectivity index (χ4n) is 4.78. The molecular weight excluding hydrogens is 400 g/mol. The van der Waals surface area contributed by atoms with Gasteiger partial charge in [-0.1, -0.05) is 25.0 Å². The summed E-state index contributed by atoms with van der Waals surface area (Å²) in [4.78, 5) is 35.6. The van der Waals surface area contributed by atoms with Gasteiger partial charge in [-0.15, -0.1) is 0 Å². The second kappa shape index (κ2) is 11.7. The van der Waals surface area contributed by atoms with E-state index in [1.807, 2.05) is 24.5 Å². The minimum Gasteiger partial charge on any atom is -0.351 e. The molecule has 0 aliphatic heterocycles. The minimum atomic E-state index is -0.698. The van der Waals surface area contributed by atoms with Crippen molar-refractivity contribution in [2.45, 2.75) is 82.7 Å². The molecule has 0 unspecified atom stereocenters. The summed E-state index contributed by atoms with van der Waals surface area (Å²) in [6.07, 6.45) is 16.5. The van der Waals surface area contributed by atoms with Crippen molar-refractivity contribution in [2.75, 3.05) is 7.05 Å². The van der Waals surface area contributed by atoms with E-state index in [1.54, 1.807) is 31.3 Å². The van der Waals surface area contributed by atoms with E-state index in [0.717, 1.165) is 64.2 Å². The predicted octanol–water partition coefficient (Wildman–Crippen LogP) is 4.10. The molecule has 2 aromatic rings. The van der Waals surface area contributed by atoms with Crippen molar-refractivity contribution in [2.24, 2.45) is 0 Å². The van der Waals surface area contributed by atoms with Gasteiger partial charge < -0.3 is 10.2 Å². The lowest BCUT2D eigenvalue weighted by Crippen LogP contribution is -2.58. The molecule has 0 radical (unpaired) electrons. The highest BCUT2D eigenvalue weighted by Gasteiger charge is 2.46. The zero-order valence-electron chi connectivity index (χ0n) is 19.4. The Kier molecular flexibility index (Phi) is 8.77. The normalized spacial score (nSPS) is 15.0. The number of pyridine rings is 2. The van der Waals surface area contributed by atoms with Crippen LogP contribution in [0.4, 0.5) is 0 Å². The van der Waals surface area contributed by atoms with Gasteiger partial charge in [-0.25, -0.2) is 0 Å². The molecule has 2 heterocycles. The van der Waals surface area contributed by atoms with E-state index >= 15 is 0 Å². The molecule has 1 aliphatic carbocycles. The fraction of sp³-hybridized carbons (Fsp3) is 0.538. The van der Waals surface area contributed by atoms with E-state index in [0.29, 0.717) is 0 Å². The number of nitrogens with one attached hydrogen (secondary N) is 1. The third kappa shape index (κ3) is 6.38. The molecule has 6 nitrogen and oxygen atoms in total. The lowest BCUT2D eigenvalue weighted by Gasteiger charge is -2.38. The van der Waals surface area contributed by atoms with Crippen molar-refractivity contribution in [3.05, 3.63) is 60.2 Å². The second-order valence-electron chi connectivity index (χ2n) is 8.99. The number of carbonyl (C=O) groups is 2. The average Bonchev–Trinajstić information content (AvgIpc) is 3.31. The summed E-state index contributed by atoms with van der Waals surface area (Å²) in [6.45, 7) is 1.55. The molecule has 3 rings (SSSR count). The molecule has 32 heavy (non-hydrogen) atoms. The third-order valence-corrected chi connectivity index (χ3v) is 6.78. The lowest BCUT2D eigenvalue weighted by atomic mass is 9.92. The summed E-state index contributed by atoms with van der Waals surface area (Å²) < 4.78 is 0. The number of carbonyl (C=O) groups excluding carboxylic acids is 2. The summed E-state index contributed by atoms with van der Waals surface area (Å²) in [6, 6.07) is 8.21. The van der Waals surface area contributed by atoms with Crippen LogP contribution in [0.15, 0.2) is 49.1 Å².